The highest BCUT2D eigenvalue weighted by atomic mass is 35.5. The van der Waals surface area contributed by atoms with Gasteiger partial charge in [-0.1, -0.05) is 35.9 Å². The molecule has 1 saturated carbocycles. The van der Waals surface area contributed by atoms with Crippen LogP contribution in [-0.2, 0) is 11.3 Å². The van der Waals surface area contributed by atoms with E-state index < -0.39 is 0 Å². The van der Waals surface area contributed by atoms with Gasteiger partial charge in [-0.15, -0.1) is 0 Å². The van der Waals surface area contributed by atoms with E-state index in [4.69, 9.17) is 21.6 Å². The fraction of sp³-hybridized carbons (Fsp3) is 0.400. The van der Waals surface area contributed by atoms with Crippen molar-refractivity contribution in [1.82, 2.24) is 15.3 Å². The largest absolute Gasteiger partial charge is 0.362 e. The third-order valence-corrected chi connectivity index (χ3v) is 6.68. The predicted molar refractivity (Wildman–Crippen MR) is 131 cm³/mol. The van der Waals surface area contributed by atoms with Crippen LogP contribution in [0, 0.1) is 12.8 Å². The fourth-order valence-electron chi connectivity index (χ4n) is 4.32. The Morgan fingerprint density at radius 1 is 1.06 bits per heavy atom. The highest BCUT2D eigenvalue weighted by molar-refractivity contribution is 6.31. The van der Waals surface area contributed by atoms with E-state index in [-0.39, 0.29) is 17.9 Å². The van der Waals surface area contributed by atoms with E-state index in [1.165, 1.54) is 0 Å². The lowest BCUT2D eigenvalue weighted by Crippen LogP contribution is -2.36. The normalized spacial score (nSPS) is 18.4. The summed E-state index contributed by atoms with van der Waals surface area (Å²) in [5.41, 5.74) is 3.01. The van der Waals surface area contributed by atoms with Gasteiger partial charge >= 0.3 is 0 Å². The summed E-state index contributed by atoms with van der Waals surface area (Å²) in [5, 5.41) is 8.37. The lowest BCUT2D eigenvalue weighted by atomic mass is 9.85. The van der Waals surface area contributed by atoms with Gasteiger partial charge in [-0.3, -0.25) is 4.79 Å². The maximum atomic E-state index is 12.7. The van der Waals surface area contributed by atoms with Crippen molar-refractivity contribution < 1.29 is 4.79 Å². The SMILES string of the molecule is Cc1c(Cl)cccc1CNC(=O)C1CCC(Nc2nc(N(C)C)c3ccccc3n2)CC1. The first-order chi connectivity index (χ1) is 15.4. The minimum atomic E-state index is 0.0439. The van der Waals surface area contributed by atoms with Gasteiger partial charge in [-0.05, 0) is 61.9 Å². The highest BCUT2D eigenvalue weighted by Gasteiger charge is 2.27. The van der Waals surface area contributed by atoms with Crippen LogP contribution in [0.2, 0.25) is 5.02 Å². The average molecular weight is 452 g/mol. The second-order valence-electron chi connectivity index (χ2n) is 8.72. The van der Waals surface area contributed by atoms with Gasteiger partial charge in [0.25, 0.3) is 0 Å². The number of anilines is 2. The molecule has 0 aliphatic heterocycles. The highest BCUT2D eigenvalue weighted by Crippen LogP contribution is 2.29. The fourth-order valence-corrected chi connectivity index (χ4v) is 4.51. The molecule has 1 aliphatic rings. The Morgan fingerprint density at radius 3 is 2.56 bits per heavy atom. The van der Waals surface area contributed by atoms with Gasteiger partial charge in [0.15, 0.2) is 0 Å². The van der Waals surface area contributed by atoms with Crippen molar-refractivity contribution >= 4 is 40.2 Å². The molecule has 0 bridgehead atoms. The lowest BCUT2D eigenvalue weighted by Gasteiger charge is -2.29. The van der Waals surface area contributed by atoms with Crippen LogP contribution in [0.15, 0.2) is 42.5 Å². The van der Waals surface area contributed by atoms with E-state index in [2.05, 4.69) is 10.6 Å². The molecule has 6 nitrogen and oxygen atoms in total. The van der Waals surface area contributed by atoms with E-state index in [0.29, 0.717) is 12.5 Å². The summed E-state index contributed by atoms with van der Waals surface area (Å²) in [5.74, 6) is 1.72. The number of fused-ring (bicyclic) bond motifs is 1. The van der Waals surface area contributed by atoms with Gasteiger partial charge < -0.3 is 15.5 Å². The summed E-state index contributed by atoms with van der Waals surface area (Å²) in [6.45, 7) is 2.50. The Hall–Kier alpha value is -2.86. The van der Waals surface area contributed by atoms with Gasteiger partial charge in [-0.2, -0.15) is 4.98 Å². The van der Waals surface area contributed by atoms with Crippen LogP contribution in [0.1, 0.15) is 36.8 Å². The van der Waals surface area contributed by atoms with Crippen LogP contribution in [0.4, 0.5) is 11.8 Å². The van der Waals surface area contributed by atoms with Gasteiger partial charge in [0.1, 0.15) is 5.82 Å². The van der Waals surface area contributed by atoms with E-state index in [1.54, 1.807) is 0 Å². The molecular formula is C25H30ClN5O. The number of nitrogens with one attached hydrogen (secondary N) is 2. The van der Waals surface area contributed by atoms with Gasteiger partial charge in [0.2, 0.25) is 11.9 Å². The zero-order chi connectivity index (χ0) is 22.7. The third-order valence-electron chi connectivity index (χ3n) is 6.27. The summed E-state index contributed by atoms with van der Waals surface area (Å²) < 4.78 is 0. The van der Waals surface area contributed by atoms with Gasteiger partial charge in [0.05, 0.1) is 5.52 Å². The summed E-state index contributed by atoms with van der Waals surface area (Å²) in [6.07, 6.45) is 3.54. The van der Waals surface area contributed by atoms with Gasteiger partial charge in [0, 0.05) is 43.0 Å². The van der Waals surface area contributed by atoms with Crippen molar-refractivity contribution in [3.8, 4) is 0 Å². The smallest absolute Gasteiger partial charge is 0.225 e. The zero-order valence-corrected chi connectivity index (χ0v) is 19.6. The molecular weight excluding hydrogens is 422 g/mol. The molecule has 0 saturated heterocycles. The van der Waals surface area contributed by atoms with Crippen LogP contribution in [0.25, 0.3) is 10.9 Å². The van der Waals surface area contributed by atoms with E-state index in [1.807, 2.05) is 68.4 Å². The number of aromatic nitrogens is 2. The maximum Gasteiger partial charge on any atom is 0.225 e. The molecule has 4 rings (SSSR count). The van der Waals surface area contributed by atoms with Crippen LogP contribution < -0.4 is 15.5 Å². The predicted octanol–water partition coefficient (Wildman–Crippen LogP) is 4.94. The Balaban J connectivity index is 1.34. The second kappa shape index (κ2) is 9.74. The summed E-state index contributed by atoms with van der Waals surface area (Å²) in [4.78, 5) is 24.2. The third kappa shape index (κ3) is 4.96. The molecule has 0 spiro atoms. The number of rotatable bonds is 6. The Kier molecular flexibility index (Phi) is 6.80. The Bertz CT molecular complexity index is 1110. The zero-order valence-electron chi connectivity index (χ0n) is 18.9. The molecule has 2 N–H and O–H groups in total. The Labute approximate surface area is 194 Å². The molecule has 1 heterocycles. The molecule has 1 amide bonds. The van der Waals surface area contributed by atoms with Crippen molar-refractivity contribution in [1.29, 1.82) is 0 Å². The molecule has 0 atom stereocenters. The number of amides is 1. The monoisotopic (exact) mass is 451 g/mol. The number of hydrogen-bond acceptors (Lipinski definition) is 5. The van der Waals surface area contributed by atoms with Crippen molar-refractivity contribution in [2.24, 2.45) is 5.92 Å². The number of benzene rings is 2. The number of hydrogen-bond donors (Lipinski definition) is 2. The van der Waals surface area contributed by atoms with Crippen molar-refractivity contribution in [2.45, 2.75) is 45.2 Å². The molecule has 168 valence electrons. The van der Waals surface area contributed by atoms with E-state index in [0.717, 1.165) is 58.6 Å². The number of para-hydroxylation sites is 1. The number of carbonyl (C=O) groups is 1. The number of carbonyl (C=O) groups excluding carboxylic acids is 1. The minimum Gasteiger partial charge on any atom is -0.362 e. The maximum absolute atomic E-state index is 12.7. The molecule has 7 heteroatoms. The van der Waals surface area contributed by atoms with Crippen LogP contribution in [0.5, 0.6) is 0 Å². The summed E-state index contributed by atoms with van der Waals surface area (Å²) in [7, 11) is 3.99. The van der Waals surface area contributed by atoms with E-state index in [9.17, 15) is 4.79 Å². The average Bonchev–Trinajstić information content (AvgIpc) is 2.79. The van der Waals surface area contributed by atoms with Crippen LogP contribution >= 0.6 is 11.6 Å². The van der Waals surface area contributed by atoms with Crippen molar-refractivity contribution in [3.05, 3.63) is 58.6 Å². The van der Waals surface area contributed by atoms with Crippen molar-refractivity contribution in [3.63, 3.8) is 0 Å². The lowest BCUT2D eigenvalue weighted by molar-refractivity contribution is -0.126. The molecule has 1 aliphatic carbocycles. The number of nitrogens with zero attached hydrogens (tertiary/aromatic N) is 3. The van der Waals surface area contributed by atoms with Crippen LogP contribution in [0.3, 0.4) is 0 Å². The molecule has 0 radical (unpaired) electrons. The minimum absolute atomic E-state index is 0.0439. The molecule has 1 fully saturated rings. The first-order valence-electron chi connectivity index (χ1n) is 11.1. The van der Waals surface area contributed by atoms with Crippen molar-refractivity contribution in [2.75, 3.05) is 24.3 Å². The van der Waals surface area contributed by atoms with E-state index >= 15 is 0 Å². The van der Waals surface area contributed by atoms with Gasteiger partial charge in [-0.25, -0.2) is 4.98 Å². The molecule has 0 unspecified atom stereocenters. The molecule has 3 aromatic rings. The molecule has 2 aromatic carbocycles. The Morgan fingerprint density at radius 2 is 1.81 bits per heavy atom. The molecule has 32 heavy (non-hydrogen) atoms. The van der Waals surface area contributed by atoms with Crippen LogP contribution in [-0.4, -0.2) is 36.0 Å². The number of halogens is 1. The molecule has 1 aromatic heterocycles. The first kappa shape index (κ1) is 22.3. The second-order valence-corrected chi connectivity index (χ2v) is 9.12. The topological polar surface area (TPSA) is 70.2 Å². The quantitative estimate of drug-likeness (QED) is 0.555. The summed E-state index contributed by atoms with van der Waals surface area (Å²) in [6, 6.07) is 14.1. The first-order valence-corrected chi connectivity index (χ1v) is 11.5. The summed E-state index contributed by atoms with van der Waals surface area (Å²) >= 11 is 6.19. The standard InChI is InChI=1S/C25H30ClN5O/c1-16-18(7-6-9-21(16)26)15-27-24(32)17-11-13-19(14-12-17)28-25-29-22-10-5-4-8-20(22)23(30-25)31(2)3/h4-10,17,19H,11-15H2,1-3H3,(H,27,32)(H,28,29,30).